The third-order valence-corrected chi connectivity index (χ3v) is 2.20. The van der Waals surface area contributed by atoms with Crippen molar-refractivity contribution in [3.05, 3.63) is 42.2 Å². The van der Waals surface area contributed by atoms with Crippen LogP contribution in [0.2, 0.25) is 0 Å². The van der Waals surface area contributed by atoms with Crippen molar-refractivity contribution in [3.63, 3.8) is 0 Å². The number of benzene rings is 1. The van der Waals surface area contributed by atoms with Crippen LogP contribution in [0.4, 0.5) is 0 Å². The highest BCUT2D eigenvalue weighted by Crippen LogP contribution is 2.15. The average Bonchev–Trinajstić information content (AvgIpc) is 2.08. The minimum atomic E-state index is -0.0131. The normalized spacial score (nSPS) is 9.38. The quantitative estimate of drug-likeness (QED) is 0.539. The number of aryl methyl sites for hydroxylation is 1. The number of allylic oxidation sites excluding steroid dienone is 1. The zero-order chi connectivity index (χ0) is 9.68. The average molecular weight is 192 g/mol. The molecule has 1 aromatic rings. The van der Waals surface area contributed by atoms with Gasteiger partial charge in [0, 0.05) is 0 Å². The molecule has 0 aromatic heterocycles. The van der Waals surface area contributed by atoms with Gasteiger partial charge in [0.1, 0.15) is 5.75 Å². The van der Waals surface area contributed by atoms with E-state index in [-0.39, 0.29) is 10.0 Å². The molecule has 0 aliphatic heterocycles. The molecule has 0 saturated heterocycles. The van der Waals surface area contributed by atoms with Crippen LogP contribution in [0.3, 0.4) is 0 Å². The van der Waals surface area contributed by atoms with Crippen molar-refractivity contribution in [2.75, 3.05) is 0 Å². The van der Waals surface area contributed by atoms with Gasteiger partial charge in [0.2, 0.25) is 0 Å². The van der Waals surface area contributed by atoms with E-state index < -0.39 is 0 Å². The Hall–Kier alpha value is -1.22. The fourth-order valence-electron chi connectivity index (χ4n) is 0.808. The predicted molar refractivity (Wildman–Crippen MR) is 53.5 cm³/mol. The first-order valence-electron chi connectivity index (χ1n) is 4.00. The summed E-state index contributed by atoms with van der Waals surface area (Å²) in [4.78, 5) is 0. The number of rotatable bonds is 4. The summed E-state index contributed by atoms with van der Waals surface area (Å²) in [5.74, 6) is 1.54. The van der Waals surface area contributed by atoms with Crippen LogP contribution < -0.4 is 4.43 Å². The van der Waals surface area contributed by atoms with E-state index in [9.17, 15) is 0 Å². The Balaban J connectivity index is 2.45. The lowest BCUT2D eigenvalue weighted by molar-refractivity contribution is 0.378. The van der Waals surface area contributed by atoms with Gasteiger partial charge < -0.3 is 8.85 Å². The van der Waals surface area contributed by atoms with Crippen molar-refractivity contribution in [3.8, 4) is 5.75 Å². The van der Waals surface area contributed by atoms with Crippen LogP contribution in [0.25, 0.3) is 0 Å². The van der Waals surface area contributed by atoms with Crippen LogP contribution in [0.1, 0.15) is 12.5 Å². The molecule has 0 unspecified atom stereocenters. The Morgan fingerprint density at radius 1 is 1.38 bits per heavy atom. The predicted octanol–water partition coefficient (Wildman–Crippen LogP) is 2.46. The van der Waals surface area contributed by atoms with E-state index in [1.54, 1.807) is 6.92 Å². The smallest absolute Gasteiger partial charge is 0.513 e. The van der Waals surface area contributed by atoms with Gasteiger partial charge in [-0.05, 0) is 25.5 Å². The fraction of sp³-hybridized carbons (Fsp3) is 0.200. The topological polar surface area (TPSA) is 18.5 Å². The maximum atomic E-state index is 5.39. The minimum absolute atomic E-state index is 0.0131. The van der Waals surface area contributed by atoms with E-state index in [1.165, 1.54) is 0 Å². The molecule has 68 valence electrons. The number of hydrogen-bond donors (Lipinski definition) is 0. The third kappa shape index (κ3) is 3.34. The van der Waals surface area contributed by atoms with Crippen molar-refractivity contribution in [2.45, 2.75) is 13.8 Å². The summed E-state index contributed by atoms with van der Waals surface area (Å²) in [6.45, 7) is 7.41. The van der Waals surface area contributed by atoms with Crippen molar-refractivity contribution >= 4 is 10.0 Å². The van der Waals surface area contributed by atoms with Gasteiger partial charge >= 0.3 is 10.0 Å². The lowest BCUT2D eigenvalue weighted by Gasteiger charge is -2.07. The highest BCUT2D eigenvalue weighted by atomic mass is 28.3. The van der Waals surface area contributed by atoms with Crippen LogP contribution in [-0.4, -0.2) is 10.0 Å². The van der Waals surface area contributed by atoms with Gasteiger partial charge in [-0.15, -0.1) is 0 Å². The van der Waals surface area contributed by atoms with Gasteiger partial charge in [-0.25, -0.2) is 0 Å². The molecule has 0 N–H and O–H groups in total. The molecule has 0 amide bonds. The van der Waals surface area contributed by atoms with E-state index in [0.29, 0.717) is 5.76 Å². The summed E-state index contributed by atoms with van der Waals surface area (Å²) in [7, 11) is -0.0131. The molecule has 0 heterocycles. The van der Waals surface area contributed by atoms with Crippen LogP contribution in [-0.2, 0) is 4.43 Å². The second kappa shape index (κ2) is 4.72. The molecule has 0 saturated carbocycles. The minimum Gasteiger partial charge on any atom is -0.513 e. The van der Waals surface area contributed by atoms with Gasteiger partial charge in [-0.2, -0.15) is 0 Å². The first-order valence-corrected chi connectivity index (χ1v) is 4.81. The summed E-state index contributed by atoms with van der Waals surface area (Å²) in [5, 5.41) is 0. The molecule has 13 heavy (non-hydrogen) atoms. The highest BCUT2D eigenvalue weighted by Gasteiger charge is 2.00. The molecule has 1 rings (SSSR count). The van der Waals surface area contributed by atoms with Crippen LogP contribution in [0.5, 0.6) is 5.75 Å². The molecule has 0 aliphatic rings. The van der Waals surface area contributed by atoms with Crippen LogP contribution >= 0.6 is 0 Å². The zero-order valence-electron chi connectivity index (χ0n) is 7.83. The van der Waals surface area contributed by atoms with Gasteiger partial charge in [0.25, 0.3) is 0 Å². The maximum absolute atomic E-state index is 5.39. The van der Waals surface area contributed by atoms with Gasteiger partial charge in [-0.3, -0.25) is 0 Å². The van der Waals surface area contributed by atoms with Gasteiger partial charge in [0.05, 0.1) is 5.76 Å². The molecule has 0 spiro atoms. The number of hydrogen-bond acceptors (Lipinski definition) is 2. The SMILES string of the molecule is C=C(C)O[Si]Oc1ccccc1C. The second-order valence-electron chi connectivity index (χ2n) is 2.75. The second-order valence-corrected chi connectivity index (χ2v) is 3.33. The first-order chi connectivity index (χ1) is 6.20. The fourth-order valence-corrected chi connectivity index (χ4v) is 1.31. The molecule has 2 radical (unpaired) electrons. The highest BCUT2D eigenvalue weighted by molar-refractivity contribution is 6.19. The molecule has 1 aromatic carbocycles. The van der Waals surface area contributed by atoms with E-state index in [1.807, 2.05) is 31.2 Å². The van der Waals surface area contributed by atoms with Crippen molar-refractivity contribution < 1.29 is 8.85 Å². The maximum Gasteiger partial charge on any atom is 0.610 e. The molecular weight excluding hydrogens is 180 g/mol. The Morgan fingerprint density at radius 2 is 2.08 bits per heavy atom. The summed E-state index contributed by atoms with van der Waals surface area (Å²) < 4.78 is 10.5. The van der Waals surface area contributed by atoms with E-state index in [2.05, 4.69) is 6.58 Å². The molecule has 0 atom stereocenters. The van der Waals surface area contributed by atoms with Crippen molar-refractivity contribution in [1.82, 2.24) is 0 Å². The van der Waals surface area contributed by atoms with Crippen LogP contribution in [0.15, 0.2) is 36.6 Å². The zero-order valence-corrected chi connectivity index (χ0v) is 8.83. The Morgan fingerprint density at radius 3 is 2.69 bits per heavy atom. The molecule has 0 bridgehead atoms. The van der Waals surface area contributed by atoms with Gasteiger partial charge in [0.15, 0.2) is 0 Å². The Kier molecular flexibility index (Phi) is 3.58. The largest absolute Gasteiger partial charge is 0.610 e. The Labute approximate surface area is 81.2 Å². The lowest BCUT2D eigenvalue weighted by Crippen LogP contribution is -2.06. The monoisotopic (exact) mass is 192 g/mol. The lowest BCUT2D eigenvalue weighted by atomic mass is 10.2. The van der Waals surface area contributed by atoms with E-state index in [0.717, 1.165) is 11.3 Å². The summed E-state index contributed by atoms with van der Waals surface area (Å²) in [6.07, 6.45) is 0. The Bertz CT molecular complexity index is 297. The van der Waals surface area contributed by atoms with Crippen molar-refractivity contribution in [1.29, 1.82) is 0 Å². The summed E-state index contributed by atoms with van der Waals surface area (Å²) in [5.41, 5.74) is 1.11. The number of para-hydroxylation sites is 1. The van der Waals surface area contributed by atoms with Crippen LogP contribution in [0, 0.1) is 6.92 Å². The molecule has 2 nitrogen and oxygen atoms in total. The van der Waals surface area contributed by atoms with Gasteiger partial charge in [-0.1, -0.05) is 24.8 Å². The van der Waals surface area contributed by atoms with E-state index in [4.69, 9.17) is 8.85 Å². The molecule has 0 aliphatic carbocycles. The summed E-state index contributed by atoms with van der Waals surface area (Å²) in [6, 6.07) is 7.84. The summed E-state index contributed by atoms with van der Waals surface area (Å²) >= 11 is 0. The molecule has 0 fully saturated rings. The molecule has 3 heteroatoms. The first kappa shape index (κ1) is 9.86. The molecular formula is C10H12O2Si. The standard InChI is InChI=1S/C10H12O2Si/c1-8(2)11-13-12-10-7-5-4-6-9(10)3/h4-7H,1H2,2-3H3. The van der Waals surface area contributed by atoms with Crippen molar-refractivity contribution in [2.24, 2.45) is 0 Å². The third-order valence-electron chi connectivity index (χ3n) is 1.46. The van der Waals surface area contributed by atoms with E-state index >= 15 is 0 Å².